The number of carbonyl (C=O) groups is 2. The van der Waals surface area contributed by atoms with Crippen molar-refractivity contribution in [3.8, 4) is 0 Å². The largest absolute Gasteiger partial charge is 0.352 e. The molecule has 1 aromatic carbocycles. The molecule has 3 rings (SSSR count). The van der Waals surface area contributed by atoms with E-state index in [1.165, 1.54) is 25.4 Å². The lowest BCUT2D eigenvalue weighted by atomic mass is 10.2. The number of rotatable bonds is 3. The second kappa shape index (κ2) is 7.42. The molecule has 26 heavy (non-hydrogen) atoms. The Balaban J connectivity index is 1.66. The van der Waals surface area contributed by atoms with Gasteiger partial charge >= 0.3 is 0 Å². The molecular weight excluding hydrogens is 344 g/mol. The summed E-state index contributed by atoms with van der Waals surface area (Å²) in [5.74, 6) is -1.89. The molecule has 0 saturated carbocycles. The molecule has 7 nitrogen and oxygen atoms in total. The number of hydrogen-bond donors (Lipinski definition) is 1. The highest BCUT2D eigenvalue weighted by Crippen LogP contribution is 2.19. The van der Waals surface area contributed by atoms with E-state index >= 15 is 0 Å². The van der Waals surface area contributed by atoms with Crippen LogP contribution in [0, 0.1) is 11.6 Å². The summed E-state index contributed by atoms with van der Waals surface area (Å²) in [6.07, 6.45) is 2.68. The molecule has 0 bridgehead atoms. The number of halogens is 2. The topological polar surface area (TPSA) is 78.4 Å². The van der Waals surface area contributed by atoms with Gasteiger partial charge in [-0.25, -0.2) is 18.7 Å². The van der Waals surface area contributed by atoms with E-state index in [1.807, 2.05) is 4.90 Å². The second-order valence-corrected chi connectivity index (χ2v) is 5.80. The predicted molar refractivity (Wildman–Crippen MR) is 90.8 cm³/mol. The van der Waals surface area contributed by atoms with E-state index in [4.69, 9.17) is 0 Å². The van der Waals surface area contributed by atoms with Crippen LogP contribution in [-0.2, 0) is 4.79 Å². The molecule has 0 aliphatic carbocycles. The summed E-state index contributed by atoms with van der Waals surface area (Å²) in [4.78, 5) is 35.4. The number of piperazine rings is 1. The van der Waals surface area contributed by atoms with Gasteiger partial charge in [0.15, 0.2) is 0 Å². The summed E-state index contributed by atoms with van der Waals surface area (Å²) in [6.45, 7) is 3.93. The molecule has 0 radical (unpaired) electrons. The van der Waals surface area contributed by atoms with Gasteiger partial charge in [-0.15, -0.1) is 0 Å². The molecule has 136 valence electrons. The first kappa shape index (κ1) is 17.7. The fourth-order valence-electron chi connectivity index (χ4n) is 2.65. The van der Waals surface area contributed by atoms with Gasteiger partial charge < -0.3 is 15.1 Å². The highest BCUT2D eigenvalue weighted by Gasteiger charge is 2.20. The molecule has 1 fully saturated rings. The van der Waals surface area contributed by atoms with Crippen LogP contribution in [0.4, 0.5) is 20.3 Å². The lowest BCUT2D eigenvalue weighted by Gasteiger charge is -2.34. The van der Waals surface area contributed by atoms with E-state index in [0.29, 0.717) is 32.0 Å². The van der Waals surface area contributed by atoms with E-state index in [9.17, 15) is 18.4 Å². The SMILES string of the molecule is CC(=O)N1CCN(c2cnc(C(=O)Nc3c(F)cccc3F)cn2)CC1. The molecule has 0 unspecified atom stereocenters. The van der Waals surface area contributed by atoms with Crippen LogP contribution < -0.4 is 10.2 Å². The van der Waals surface area contributed by atoms with Crippen LogP contribution in [0.1, 0.15) is 17.4 Å². The molecule has 9 heteroatoms. The Morgan fingerprint density at radius 2 is 1.69 bits per heavy atom. The van der Waals surface area contributed by atoms with Gasteiger partial charge in [0.25, 0.3) is 5.91 Å². The molecule has 0 atom stereocenters. The van der Waals surface area contributed by atoms with Gasteiger partial charge in [-0.2, -0.15) is 0 Å². The minimum Gasteiger partial charge on any atom is -0.352 e. The Morgan fingerprint density at radius 3 is 2.23 bits per heavy atom. The van der Waals surface area contributed by atoms with Gasteiger partial charge in [0.05, 0.1) is 12.4 Å². The van der Waals surface area contributed by atoms with Crippen molar-refractivity contribution in [2.24, 2.45) is 0 Å². The number of nitrogens with one attached hydrogen (secondary N) is 1. The standard InChI is InChI=1S/C17H17F2N5O2/c1-11(25)23-5-7-24(8-6-23)15-10-20-14(9-21-15)17(26)22-16-12(18)3-2-4-13(16)19/h2-4,9-10H,5-8H2,1H3,(H,22,26). The first-order valence-electron chi connectivity index (χ1n) is 8.03. The van der Waals surface area contributed by atoms with Crippen molar-refractivity contribution in [2.45, 2.75) is 6.92 Å². The Morgan fingerprint density at radius 1 is 1.04 bits per heavy atom. The molecule has 1 aliphatic heterocycles. The first-order chi connectivity index (χ1) is 12.5. The normalized spacial score (nSPS) is 14.3. The maximum absolute atomic E-state index is 13.6. The van der Waals surface area contributed by atoms with Gasteiger partial charge in [0.1, 0.15) is 28.8 Å². The van der Waals surface area contributed by atoms with Gasteiger partial charge in [-0.05, 0) is 12.1 Å². The number of benzene rings is 1. The van der Waals surface area contributed by atoms with Crippen LogP contribution in [0.5, 0.6) is 0 Å². The molecule has 2 amide bonds. The Labute approximate surface area is 148 Å². The van der Waals surface area contributed by atoms with Crippen LogP contribution in [0.25, 0.3) is 0 Å². The second-order valence-electron chi connectivity index (χ2n) is 5.80. The van der Waals surface area contributed by atoms with Crippen molar-refractivity contribution in [3.63, 3.8) is 0 Å². The number of hydrogen-bond acceptors (Lipinski definition) is 5. The predicted octanol–water partition coefficient (Wildman–Crippen LogP) is 1.68. The summed E-state index contributed by atoms with van der Waals surface area (Å²) in [5, 5.41) is 2.16. The first-order valence-corrected chi connectivity index (χ1v) is 8.03. The fraction of sp³-hybridized carbons (Fsp3) is 0.294. The van der Waals surface area contributed by atoms with Crippen molar-refractivity contribution < 1.29 is 18.4 Å². The van der Waals surface area contributed by atoms with Crippen molar-refractivity contribution in [1.29, 1.82) is 0 Å². The molecule has 0 spiro atoms. The highest BCUT2D eigenvalue weighted by molar-refractivity contribution is 6.02. The average molecular weight is 361 g/mol. The number of amides is 2. The van der Waals surface area contributed by atoms with Gasteiger partial charge in [0, 0.05) is 33.1 Å². The average Bonchev–Trinajstić information content (AvgIpc) is 2.65. The number of aromatic nitrogens is 2. The summed E-state index contributed by atoms with van der Waals surface area (Å²) in [5.41, 5.74) is -0.581. The minimum absolute atomic E-state index is 0.0307. The molecule has 1 N–H and O–H groups in total. The van der Waals surface area contributed by atoms with Gasteiger partial charge in [-0.3, -0.25) is 9.59 Å². The van der Waals surface area contributed by atoms with E-state index in [-0.39, 0.29) is 11.6 Å². The van der Waals surface area contributed by atoms with Crippen LogP contribution >= 0.6 is 0 Å². The monoisotopic (exact) mass is 361 g/mol. The van der Waals surface area contributed by atoms with Crippen LogP contribution in [0.2, 0.25) is 0 Å². The summed E-state index contributed by atoms with van der Waals surface area (Å²) in [6, 6.07) is 3.31. The zero-order valence-corrected chi connectivity index (χ0v) is 14.1. The minimum atomic E-state index is -0.869. The van der Waals surface area contributed by atoms with Crippen LogP contribution in [-0.4, -0.2) is 52.9 Å². The third-order valence-electron chi connectivity index (χ3n) is 4.12. The Hall–Kier alpha value is -3.10. The third kappa shape index (κ3) is 3.76. The van der Waals surface area contributed by atoms with Gasteiger partial charge in [-0.1, -0.05) is 6.07 Å². The smallest absolute Gasteiger partial charge is 0.276 e. The Kier molecular flexibility index (Phi) is 5.06. The summed E-state index contributed by atoms with van der Waals surface area (Å²) < 4.78 is 27.2. The lowest BCUT2D eigenvalue weighted by molar-refractivity contribution is -0.129. The zero-order chi connectivity index (χ0) is 18.7. The van der Waals surface area contributed by atoms with Crippen LogP contribution in [0.3, 0.4) is 0 Å². The number of carbonyl (C=O) groups excluding carboxylic acids is 2. The molecule has 1 aromatic heterocycles. The van der Waals surface area contributed by atoms with E-state index in [2.05, 4.69) is 15.3 Å². The van der Waals surface area contributed by atoms with Gasteiger partial charge in [0.2, 0.25) is 5.91 Å². The van der Waals surface area contributed by atoms with E-state index in [1.54, 1.807) is 4.90 Å². The maximum Gasteiger partial charge on any atom is 0.276 e. The summed E-state index contributed by atoms with van der Waals surface area (Å²) in [7, 11) is 0. The molecule has 2 aromatic rings. The van der Waals surface area contributed by atoms with Crippen molar-refractivity contribution in [2.75, 3.05) is 36.4 Å². The van der Waals surface area contributed by atoms with Crippen LogP contribution in [0.15, 0.2) is 30.6 Å². The molecule has 2 heterocycles. The van der Waals surface area contributed by atoms with E-state index in [0.717, 1.165) is 12.1 Å². The fourth-order valence-corrected chi connectivity index (χ4v) is 2.65. The van der Waals surface area contributed by atoms with Crippen molar-refractivity contribution in [1.82, 2.24) is 14.9 Å². The zero-order valence-electron chi connectivity index (χ0n) is 14.1. The van der Waals surface area contributed by atoms with Crippen molar-refractivity contribution >= 4 is 23.3 Å². The third-order valence-corrected chi connectivity index (χ3v) is 4.12. The highest BCUT2D eigenvalue weighted by atomic mass is 19.1. The summed E-state index contributed by atoms with van der Waals surface area (Å²) >= 11 is 0. The quantitative estimate of drug-likeness (QED) is 0.900. The molecule has 1 aliphatic rings. The van der Waals surface area contributed by atoms with E-state index < -0.39 is 23.2 Å². The molecular formula is C17H17F2N5O2. The number of para-hydroxylation sites is 1. The van der Waals surface area contributed by atoms with Crippen molar-refractivity contribution in [3.05, 3.63) is 47.9 Å². The Bertz CT molecular complexity index is 800. The lowest BCUT2D eigenvalue weighted by Crippen LogP contribution is -2.48. The molecule has 1 saturated heterocycles. The maximum atomic E-state index is 13.6. The number of nitrogens with zero attached hydrogens (tertiary/aromatic N) is 4. The number of anilines is 2.